The predicted molar refractivity (Wildman–Crippen MR) is 59.9 cm³/mol. The molecule has 0 nitrogen and oxygen atoms in total. The van der Waals surface area contributed by atoms with E-state index >= 15 is 0 Å². The monoisotopic (exact) mass is 180 g/mol. The average Bonchev–Trinajstić information content (AvgIpc) is 2.56. The van der Waals surface area contributed by atoms with Gasteiger partial charge in [0.25, 0.3) is 0 Å². The molecule has 2 rings (SSSR count). The van der Waals surface area contributed by atoms with E-state index in [0.29, 0.717) is 5.41 Å². The second kappa shape index (κ2) is 4.83. The molecule has 0 N–H and O–H groups in total. The van der Waals surface area contributed by atoms with Gasteiger partial charge in [-0.15, -0.1) is 0 Å². The second-order valence-electron chi connectivity index (χ2n) is 4.96. The highest BCUT2D eigenvalue weighted by atomic mass is 14.4. The molecule has 0 heterocycles. The van der Waals surface area contributed by atoms with Gasteiger partial charge in [0.2, 0.25) is 0 Å². The fraction of sp³-hybridized carbons (Fsp3) is 0.846. The van der Waals surface area contributed by atoms with Gasteiger partial charge in [0.15, 0.2) is 0 Å². The van der Waals surface area contributed by atoms with Crippen molar-refractivity contribution < 1.29 is 0 Å². The van der Waals surface area contributed by atoms with Crippen molar-refractivity contribution in [2.75, 3.05) is 0 Å². The van der Waals surface area contributed by atoms with E-state index in [2.05, 4.69) is 20.4 Å². The minimum Gasteiger partial charge on any atom is -0.0996 e. The van der Waals surface area contributed by atoms with Crippen LogP contribution in [0, 0.1) is 5.41 Å². The van der Waals surface area contributed by atoms with Gasteiger partial charge in [0, 0.05) is 0 Å². The summed E-state index contributed by atoms with van der Waals surface area (Å²) in [7, 11) is 0. The van der Waals surface area contributed by atoms with E-state index in [9.17, 15) is 0 Å². The maximum Gasteiger partial charge on any atom is -0.0122 e. The summed E-state index contributed by atoms with van der Waals surface area (Å²) < 4.78 is 0. The predicted octanol–water partition coefficient (Wildman–Crippen LogP) is 4.70. The van der Waals surface area contributed by atoms with Crippen molar-refractivity contribution >= 4 is 0 Å². The maximum atomic E-state index is 3.95. The third kappa shape index (κ3) is 3.17. The molecule has 0 unspecified atom stereocenters. The highest BCUT2D eigenvalue weighted by molar-refractivity contribution is 5.09. The summed E-state index contributed by atoms with van der Waals surface area (Å²) in [4.78, 5) is 0. The first kappa shape index (κ1) is 10.8. The van der Waals surface area contributed by atoms with Crippen molar-refractivity contribution in [2.45, 2.75) is 65.2 Å². The summed E-state index contributed by atoms with van der Waals surface area (Å²) >= 11 is 0. The van der Waals surface area contributed by atoms with Crippen LogP contribution in [0.2, 0.25) is 0 Å². The van der Waals surface area contributed by atoms with Gasteiger partial charge < -0.3 is 0 Å². The Balaban J connectivity index is 0.000000145. The molecule has 0 heteroatoms. The Labute approximate surface area is 83.4 Å². The number of hydrogen-bond donors (Lipinski definition) is 0. The highest BCUT2D eigenvalue weighted by Gasteiger charge is 2.31. The molecular weight excluding hydrogens is 156 g/mol. The quantitative estimate of drug-likeness (QED) is 0.513. The lowest BCUT2D eigenvalue weighted by Crippen LogP contribution is -2.25. The highest BCUT2D eigenvalue weighted by Crippen LogP contribution is 2.45. The van der Waals surface area contributed by atoms with Gasteiger partial charge in [-0.05, 0) is 25.2 Å². The SMILES string of the molecule is C1CCCC1.C=C(C)C1(C)CCC1. The molecule has 0 bridgehead atoms. The Morgan fingerprint density at radius 2 is 1.31 bits per heavy atom. The first-order valence-electron chi connectivity index (χ1n) is 5.81. The van der Waals surface area contributed by atoms with Gasteiger partial charge in [0.05, 0.1) is 0 Å². The van der Waals surface area contributed by atoms with Crippen molar-refractivity contribution in [3.63, 3.8) is 0 Å². The zero-order valence-electron chi connectivity index (χ0n) is 9.36. The van der Waals surface area contributed by atoms with Crippen molar-refractivity contribution in [1.82, 2.24) is 0 Å². The van der Waals surface area contributed by atoms with E-state index in [-0.39, 0.29) is 0 Å². The van der Waals surface area contributed by atoms with Crippen LogP contribution in [0.1, 0.15) is 65.2 Å². The molecular formula is C13H24. The Morgan fingerprint density at radius 1 is 0.923 bits per heavy atom. The molecule has 0 aromatic heterocycles. The molecule has 0 spiro atoms. The third-order valence-electron chi connectivity index (χ3n) is 3.74. The first-order chi connectivity index (χ1) is 6.15. The summed E-state index contributed by atoms with van der Waals surface area (Å²) in [6.45, 7) is 8.39. The summed E-state index contributed by atoms with van der Waals surface area (Å²) in [5, 5.41) is 0. The molecule has 0 aliphatic heterocycles. The van der Waals surface area contributed by atoms with Crippen LogP contribution in [0.4, 0.5) is 0 Å². The van der Waals surface area contributed by atoms with Crippen molar-refractivity contribution in [1.29, 1.82) is 0 Å². The minimum absolute atomic E-state index is 0.528. The van der Waals surface area contributed by atoms with E-state index in [1.54, 1.807) is 0 Å². The van der Waals surface area contributed by atoms with Crippen LogP contribution in [-0.4, -0.2) is 0 Å². The number of allylic oxidation sites excluding steroid dienone is 1. The van der Waals surface area contributed by atoms with Crippen LogP contribution >= 0.6 is 0 Å². The molecule has 0 radical (unpaired) electrons. The van der Waals surface area contributed by atoms with Crippen LogP contribution in [-0.2, 0) is 0 Å². The summed E-state index contributed by atoms with van der Waals surface area (Å²) in [5.41, 5.74) is 1.89. The van der Waals surface area contributed by atoms with Crippen molar-refractivity contribution in [2.24, 2.45) is 5.41 Å². The second-order valence-corrected chi connectivity index (χ2v) is 4.96. The zero-order valence-corrected chi connectivity index (χ0v) is 9.36. The molecule has 0 saturated heterocycles. The average molecular weight is 180 g/mol. The smallest absolute Gasteiger partial charge is 0.0122 e. The molecule has 0 aromatic rings. The van der Waals surface area contributed by atoms with Gasteiger partial charge in [-0.2, -0.15) is 0 Å². The van der Waals surface area contributed by atoms with Gasteiger partial charge in [-0.3, -0.25) is 0 Å². The molecule has 0 atom stereocenters. The molecule has 13 heavy (non-hydrogen) atoms. The summed E-state index contributed by atoms with van der Waals surface area (Å²) in [5.74, 6) is 0. The lowest BCUT2D eigenvalue weighted by Gasteiger charge is -2.39. The van der Waals surface area contributed by atoms with Crippen LogP contribution in [0.25, 0.3) is 0 Å². The molecule has 76 valence electrons. The Hall–Kier alpha value is -0.260. The zero-order chi connectivity index (χ0) is 9.73. The fourth-order valence-corrected chi connectivity index (χ4v) is 2.02. The lowest BCUT2D eigenvalue weighted by atomic mass is 9.66. The van der Waals surface area contributed by atoms with E-state index < -0.39 is 0 Å². The first-order valence-corrected chi connectivity index (χ1v) is 5.81. The summed E-state index contributed by atoms with van der Waals surface area (Å²) in [6.07, 6.45) is 11.6. The summed E-state index contributed by atoms with van der Waals surface area (Å²) in [6, 6.07) is 0. The van der Waals surface area contributed by atoms with Crippen LogP contribution in [0.3, 0.4) is 0 Å². The fourth-order valence-electron chi connectivity index (χ4n) is 2.02. The normalized spacial score (nSPS) is 24.2. The van der Waals surface area contributed by atoms with Crippen LogP contribution in [0.15, 0.2) is 12.2 Å². The molecule has 2 aliphatic rings. The largest absolute Gasteiger partial charge is 0.0996 e. The Kier molecular flexibility index (Phi) is 4.02. The van der Waals surface area contributed by atoms with Crippen molar-refractivity contribution in [3.05, 3.63) is 12.2 Å². The molecule has 2 fully saturated rings. The molecule has 0 amide bonds. The Bertz CT molecular complexity index is 151. The third-order valence-corrected chi connectivity index (χ3v) is 3.74. The number of rotatable bonds is 1. The Morgan fingerprint density at radius 3 is 1.38 bits per heavy atom. The number of hydrogen-bond acceptors (Lipinski definition) is 0. The minimum atomic E-state index is 0.528. The topological polar surface area (TPSA) is 0 Å². The van der Waals surface area contributed by atoms with E-state index in [1.807, 2.05) is 0 Å². The molecule has 0 aromatic carbocycles. The van der Waals surface area contributed by atoms with E-state index in [0.717, 1.165) is 0 Å². The van der Waals surface area contributed by atoms with Crippen LogP contribution in [0.5, 0.6) is 0 Å². The van der Waals surface area contributed by atoms with Crippen molar-refractivity contribution in [3.8, 4) is 0 Å². The standard InChI is InChI=1S/C8H14.C5H10/c1-7(2)8(3)5-4-6-8;1-2-4-5-3-1/h1,4-6H2,2-3H3;1-5H2. The molecule has 2 aliphatic carbocycles. The van der Waals surface area contributed by atoms with Gasteiger partial charge in [-0.25, -0.2) is 0 Å². The van der Waals surface area contributed by atoms with E-state index in [4.69, 9.17) is 0 Å². The molecule has 2 saturated carbocycles. The van der Waals surface area contributed by atoms with Gasteiger partial charge in [0.1, 0.15) is 0 Å². The van der Waals surface area contributed by atoms with Crippen LogP contribution < -0.4 is 0 Å². The maximum absolute atomic E-state index is 3.95. The van der Waals surface area contributed by atoms with E-state index in [1.165, 1.54) is 56.9 Å². The van der Waals surface area contributed by atoms with Gasteiger partial charge >= 0.3 is 0 Å². The van der Waals surface area contributed by atoms with Gasteiger partial charge in [-0.1, -0.05) is 57.6 Å². The lowest BCUT2D eigenvalue weighted by molar-refractivity contribution is 0.215.